The van der Waals surface area contributed by atoms with Crippen molar-refractivity contribution in [3.63, 3.8) is 0 Å². The molecule has 27 heavy (non-hydrogen) atoms. The fourth-order valence-electron chi connectivity index (χ4n) is 2.69. The molecule has 0 aliphatic heterocycles. The van der Waals surface area contributed by atoms with E-state index in [1.54, 1.807) is 31.9 Å². The maximum Gasteiger partial charge on any atom is 0.253 e. The second kappa shape index (κ2) is 9.19. The summed E-state index contributed by atoms with van der Waals surface area (Å²) >= 11 is 9.51. The molecule has 0 bridgehead atoms. The van der Waals surface area contributed by atoms with Gasteiger partial charge < -0.3 is 4.90 Å². The fourth-order valence-corrected chi connectivity index (χ4v) is 4.92. The molecule has 0 heterocycles. The van der Waals surface area contributed by atoms with Crippen LogP contribution in [0.1, 0.15) is 29.8 Å². The van der Waals surface area contributed by atoms with Crippen LogP contribution in [-0.2, 0) is 16.6 Å². The molecule has 8 heteroatoms. The van der Waals surface area contributed by atoms with E-state index in [2.05, 4.69) is 15.9 Å². The summed E-state index contributed by atoms with van der Waals surface area (Å²) in [5, 5.41) is 0.106. The van der Waals surface area contributed by atoms with Crippen molar-refractivity contribution in [2.24, 2.45) is 0 Å². The van der Waals surface area contributed by atoms with Gasteiger partial charge in [0.15, 0.2) is 0 Å². The first-order chi connectivity index (χ1) is 12.7. The van der Waals surface area contributed by atoms with E-state index in [1.165, 1.54) is 16.4 Å². The van der Waals surface area contributed by atoms with E-state index in [0.29, 0.717) is 19.6 Å². The molecule has 2 aromatic carbocycles. The summed E-state index contributed by atoms with van der Waals surface area (Å²) in [7, 11) is -2.07. The van der Waals surface area contributed by atoms with Gasteiger partial charge >= 0.3 is 0 Å². The van der Waals surface area contributed by atoms with Crippen LogP contribution in [0.15, 0.2) is 51.8 Å². The van der Waals surface area contributed by atoms with Gasteiger partial charge in [0, 0.05) is 36.7 Å². The largest absolute Gasteiger partial charge is 0.337 e. The third kappa shape index (κ3) is 5.10. The molecule has 0 saturated heterocycles. The Labute approximate surface area is 174 Å². The lowest BCUT2D eigenvalue weighted by Crippen LogP contribution is -2.31. The summed E-state index contributed by atoms with van der Waals surface area (Å²) < 4.78 is 27.9. The highest BCUT2D eigenvalue weighted by molar-refractivity contribution is 9.10. The Kier molecular flexibility index (Phi) is 7.45. The molecule has 0 atom stereocenters. The van der Waals surface area contributed by atoms with Gasteiger partial charge in [0.25, 0.3) is 5.91 Å². The molecule has 1 amide bonds. The first-order valence-electron chi connectivity index (χ1n) is 8.50. The second-order valence-corrected chi connectivity index (χ2v) is 9.25. The Morgan fingerprint density at radius 2 is 1.67 bits per heavy atom. The average Bonchev–Trinajstić information content (AvgIpc) is 2.64. The number of hydrogen-bond donors (Lipinski definition) is 0. The molecule has 0 spiro atoms. The summed E-state index contributed by atoms with van der Waals surface area (Å²) in [4.78, 5) is 14.3. The van der Waals surface area contributed by atoms with E-state index in [0.717, 1.165) is 10.0 Å². The highest BCUT2D eigenvalue weighted by atomic mass is 79.9. The molecular weight excluding hydrogens is 452 g/mol. The maximum atomic E-state index is 12.8. The minimum atomic E-state index is -3.75. The Hall–Kier alpha value is -1.41. The standard InChI is InChI=1S/C19H22BrClN2O3S/c1-4-23(5-2)27(25,26)18-12-15(8-11-17(18)21)19(24)22(3)13-14-6-9-16(20)10-7-14/h6-12H,4-5,13H2,1-3H3. The lowest BCUT2D eigenvalue weighted by molar-refractivity contribution is 0.0785. The van der Waals surface area contributed by atoms with Crippen molar-refractivity contribution in [2.45, 2.75) is 25.3 Å². The molecule has 2 aromatic rings. The molecule has 2 rings (SSSR count). The van der Waals surface area contributed by atoms with E-state index in [4.69, 9.17) is 11.6 Å². The van der Waals surface area contributed by atoms with Gasteiger partial charge in [0.05, 0.1) is 5.02 Å². The Balaban J connectivity index is 2.30. The van der Waals surface area contributed by atoms with Crippen LogP contribution in [0.4, 0.5) is 0 Å². The molecule has 0 fully saturated rings. The van der Waals surface area contributed by atoms with E-state index in [9.17, 15) is 13.2 Å². The topological polar surface area (TPSA) is 57.7 Å². The lowest BCUT2D eigenvalue weighted by atomic mass is 10.1. The number of rotatable bonds is 7. The zero-order valence-electron chi connectivity index (χ0n) is 15.4. The van der Waals surface area contributed by atoms with Gasteiger partial charge in [-0.05, 0) is 35.9 Å². The minimum Gasteiger partial charge on any atom is -0.337 e. The maximum absolute atomic E-state index is 12.8. The van der Waals surface area contributed by atoms with E-state index in [-0.39, 0.29) is 21.4 Å². The molecule has 0 aliphatic rings. The van der Waals surface area contributed by atoms with Crippen LogP contribution in [-0.4, -0.2) is 43.7 Å². The fraction of sp³-hybridized carbons (Fsp3) is 0.316. The molecule has 0 unspecified atom stereocenters. The van der Waals surface area contributed by atoms with Gasteiger partial charge in [-0.1, -0.05) is 53.5 Å². The van der Waals surface area contributed by atoms with E-state index >= 15 is 0 Å². The number of benzene rings is 2. The Bertz CT molecular complexity index is 913. The van der Waals surface area contributed by atoms with E-state index < -0.39 is 10.0 Å². The van der Waals surface area contributed by atoms with Crippen LogP contribution in [0.5, 0.6) is 0 Å². The minimum absolute atomic E-state index is 0.0456. The van der Waals surface area contributed by atoms with Crippen molar-refractivity contribution in [3.05, 3.63) is 63.1 Å². The van der Waals surface area contributed by atoms with Crippen LogP contribution in [0.2, 0.25) is 5.02 Å². The van der Waals surface area contributed by atoms with Gasteiger partial charge in [-0.2, -0.15) is 4.31 Å². The molecule has 0 N–H and O–H groups in total. The molecule has 0 aliphatic carbocycles. The number of sulfonamides is 1. The first-order valence-corrected chi connectivity index (χ1v) is 11.1. The highest BCUT2D eigenvalue weighted by Gasteiger charge is 2.26. The first kappa shape index (κ1) is 21.9. The van der Waals surface area contributed by atoms with Gasteiger partial charge in [-0.15, -0.1) is 0 Å². The highest BCUT2D eigenvalue weighted by Crippen LogP contribution is 2.26. The predicted octanol–water partition coefficient (Wildman–Crippen LogP) is 4.41. The normalized spacial score (nSPS) is 11.6. The second-order valence-electron chi connectivity index (χ2n) is 6.02. The summed E-state index contributed by atoms with van der Waals surface area (Å²) in [6.07, 6.45) is 0. The number of carbonyl (C=O) groups is 1. The van der Waals surface area contributed by atoms with Gasteiger partial charge in [-0.3, -0.25) is 4.79 Å². The molecular formula is C19H22BrClN2O3S. The third-order valence-electron chi connectivity index (χ3n) is 4.18. The van der Waals surface area contributed by atoms with Crippen LogP contribution >= 0.6 is 27.5 Å². The number of halogens is 2. The van der Waals surface area contributed by atoms with Crippen molar-refractivity contribution in [3.8, 4) is 0 Å². The summed E-state index contributed by atoms with van der Waals surface area (Å²) in [6.45, 7) is 4.59. The SMILES string of the molecule is CCN(CC)S(=O)(=O)c1cc(C(=O)N(C)Cc2ccc(Br)cc2)ccc1Cl. The number of hydrogen-bond acceptors (Lipinski definition) is 3. The third-order valence-corrected chi connectivity index (χ3v) is 7.24. The van der Waals surface area contributed by atoms with Crippen LogP contribution < -0.4 is 0 Å². The lowest BCUT2D eigenvalue weighted by Gasteiger charge is -2.21. The predicted molar refractivity (Wildman–Crippen MR) is 111 cm³/mol. The van der Waals surface area contributed by atoms with Crippen molar-refractivity contribution in [1.82, 2.24) is 9.21 Å². The Morgan fingerprint density at radius 1 is 1.07 bits per heavy atom. The van der Waals surface area contributed by atoms with Crippen LogP contribution in [0.25, 0.3) is 0 Å². The van der Waals surface area contributed by atoms with E-state index in [1.807, 2.05) is 24.3 Å². The molecule has 5 nitrogen and oxygen atoms in total. The van der Waals surface area contributed by atoms with Crippen molar-refractivity contribution in [1.29, 1.82) is 0 Å². The van der Waals surface area contributed by atoms with Crippen molar-refractivity contribution < 1.29 is 13.2 Å². The summed E-state index contributed by atoms with van der Waals surface area (Å²) in [5.41, 5.74) is 1.25. The van der Waals surface area contributed by atoms with Crippen LogP contribution in [0, 0.1) is 0 Å². The average molecular weight is 474 g/mol. The van der Waals surface area contributed by atoms with Crippen LogP contribution in [0.3, 0.4) is 0 Å². The summed E-state index contributed by atoms with van der Waals surface area (Å²) in [6, 6.07) is 12.0. The quantitative estimate of drug-likeness (QED) is 0.599. The van der Waals surface area contributed by atoms with Gasteiger partial charge in [0.2, 0.25) is 10.0 Å². The smallest absolute Gasteiger partial charge is 0.253 e. The number of carbonyl (C=O) groups excluding carboxylic acids is 1. The molecule has 0 radical (unpaired) electrons. The molecule has 0 saturated carbocycles. The summed E-state index contributed by atoms with van der Waals surface area (Å²) in [5.74, 6) is -0.273. The van der Waals surface area contributed by atoms with Crippen molar-refractivity contribution in [2.75, 3.05) is 20.1 Å². The van der Waals surface area contributed by atoms with Gasteiger partial charge in [-0.25, -0.2) is 8.42 Å². The van der Waals surface area contributed by atoms with Gasteiger partial charge in [0.1, 0.15) is 4.90 Å². The zero-order valence-corrected chi connectivity index (χ0v) is 18.6. The van der Waals surface area contributed by atoms with Crippen molar-refractivity contribution >= 4 is 43.5 Å². The Morgan fingerprint density at radius 3 is 2.22 bits per heavy atom. The monoisotopic (exact) mass is 472 g/mol. The zero-order chi connectivity index (χ0) is 20.2. The molecule has 0 aromatic heterocycles. The molecule has 146 valence electrons. The number of nitrogens with zero attached hydrogens (tertiary/aromatic N) is 2. The number of amides is 1.